The summed E-state index contributed by atoms with van der Waals surface area (Å²) in [5.74, 6) is -0.867. The number of thiophene rings is 1. The Kier molecular flexibility index (Phi) is 6.35. The molecule has 1 unspecified atom stereocenters. The first-order valence-electron chi connectivity index (χ1n) is 12.6. The average Bonchev–Trinajstić information content (AvgIpc) is 3.50. The smallest absolute Gasteiger partial charge is 0.287 e. The molecule has 4 aromatic rings. The van der Waals surface area contributed by atoms with Gasteiger partial charge >= 0.3 is 0 Å². The monoisotopic (exact) mass is 543 g/mol. The van der Waals surface area contributed by atoms with Gasteiger partial charge in [-0.1, -0.05) is 35.9 Å². The number of anilines is 1. The third-order valence-corrected chi connectivity index (χ3v) is 8.09. The highest BCUT2D eigenvalue weighted by Gasteiger charge is 2.34. The van der Waals surface area contributed by atoms with Crippen molar-refractivity contribution in [1.29, 1.82) is 0 Å². The molecule has 2 aromatic carbocycles. The molecule has 0 saturated carbocycles. The summed E-state index contributed by atoms with van der Waals surface area (Å²) in [5.41, 5.74) is 3.72. The van der Waals surface area contributed by atoms with Gasteiger partial charge in [0.1, 0.15) is 10.6 Å². The number of nitrogens with one attached hydrogen (secondary N) is 4. The Labute approximate surface area is 226 Å². The number of benzene rings is 2. The van der Waals surface area contributed by atoms with Crippen molar-refractivity contribution in [1.82, 2.24) is 20.6 Å². The van der Waals surface area contributed by atoms with E-state index >= 15 is 0 Å². The lowest BCUT2D eigenvalue weighted by atomic mass is 10.00. The minimum absolute atomic E-state index is 0.0322. The minimum atomic E-state index is -0.534. The van der Waals surface area contributed by atoms with E-state index < -0.39 is 17.4 Å². The highest BCUT2D eigenvalue weighted by molar-refractivity contribution is 7.18. The highest BCUT2D eigenvalue weighted by Crippen LogP contribution is 2.42. The van der Waals surface area contributed by atoms with Crippen molar-refractivity contribution in [3.63, 3.8) is 0 Å². The Morgan fingerprint density at radius 1 is 1.08 bits per heavy atom. The molecular weight excluding hydrogens is 518 g/mol. The standard InChI is InChI=1S/C28H25N5O5S/c1-14-2-4-15(5-3-14)11-29-25(35)17-7-9-20-22(17)23-26(36)32-24(33-28(23)39-20)27(37)30-12-16-6-8-19-18(10-16)31-21(34)13-38-19/h2-6,8,10,17H,7,9,11-13H2,1H3,(H,29,35)(H,30,37)(H,31,34)(H,32,33,36). The van der Waals surface area contributed by atoms with Gasteiger partial charge < -0.3 is 25.7 Å². The maximum atomic E-state index is 13.1. The summed E-state index contributed by atoms with van der Waals surface area (Å²) in [7, 11) is 0. The molecule has 6 rings (SSSR count). The van der Waals surface area contributed by atoms with Crippen LogP contribution in [0.1, 0.15) is 50.1 Å². The van der Waals surface area contributed by atoms with Crippen molar-refractivity contribution >= 4 is 45.0 Å². The molecule has 3 amide bonds. The van der Waals surface area contributed by atoms with E-state index in [4.69, 9.17) is 4.74 Å². The second-order valence-corrected chi connectivity index (χ2v) is 10.8. The van der Waals surface area contributed by atoms with Crippen LogP contribution >= 0.6 is 11.3 Å². The first-order valence-corrected chi connectivity index (χ1v) is 13.4. The van der Waals surface area contributed by atoms with Gasteiger partial charge in [0, 0.05) is 18.0 Å². The third-order valence-electron chi connectivity index (χ3n) is 6.93. The molecule has 10 nitrogen and oxygen atoms in total. The quantitative estimate of drug-likeness (QED) is 0.295. The summed E-state index contributed by atoms with van der Waals surface area (Å²) in [6, 6.07) is 13.2. The zero-order chi connectivity index (χ0) is 27.1. The SMILES string of the molecule is Cc1ccc(CNC(=O)C2CCc3sc4nc(C(=O)NCc5ccc6c(c5)NC(=O)CO6)[nH]c(=O)c4c32)cc1. The van der Waals surface area contributed by atoms with Crippen LogP contribution in [0, 0.1) is 6.92 Å². The topological polar surface area (TPSA) is 142 Å². The maximum Gasteiger partial charge on any atom is 0.287 e. The molecule has 198 valence electrons. The summed E-state index contributed by atoms with van der Waals surface area (Å²) in [4.78, 5) is 59.0. The van der Waals surface area contributed by atoms with Crippen molar-refractivity contribution in [3.8, 4) is 5.75 Å². The van der Waals surface area contributed by atoms with Gasteiger partial charge in [-0.05, 0) is 48.6 Å². The summed E-state index contributed by atoms with van der Waals surface area (Å²) >= 11 is 1.35. The fraction of sp³-hybridized carbons (Fsp3) is 0.250. The zero-order valence-corrected chi connectivity index (χ0v) is 21.9. The van der Waals surface area contributed by atoms with E-state index in [2.05, 4.69) is 25.9 Å². The zero-order valence-electron chi connectivity index (χ0n) is 21.1. The molecule has 2 aromatic heterocycles. The van der Waals surface area contributed by atoms with E-state index in [1.807, 2.05) is 31.2 Å². The normalized spacial score (nSPS) is 15.7. The fourth-order valence-corrected chi connectivity index (χ4v) is 6.19. The number of rotatable bonds is 6. The minimum Gasteiger partial charge on any atom is -0.482 e. The van der Waals surface area contributed by atoms with Gasteiger partial charge in [0.05, 0.1) is 17.0 Å². The van der Waals surface area contributed by atoms with E-state index in [0.29, 0.717) is 41.0 Å². The predicted molar refractivity (Wildman–Crippen MR) is 146 cm³/mol. The largest absolute Gasteiger partial charge is 0.482 e. The number of carbonyl (C=O) groups excluding carboxylic acids is 3. The van der Waals surface area contributed by atoms with Gasteiger partial charge in [-0.25, -0.2) is 4.98 Å². The number of fused-ring (bicyclic) bond motifs is 4. The van der Waals surface area contributed by atoms with Crippen LogP contribution in [0.4, 0.5) is 5.69 Å². The van der Waals surface area contributed by atoms with Gasteiger partial charge in [0.25, 0.3) is 17.4 Å². The molecular formula is C28H25N5O5S. The van der Waals surface area contributed by atoms with Crippen LogP contribution < -0.4 is 26.2 Å². The van der Waals surface area contributed by atoms with Crippen LogP contribution in [-0.4, -0.2) is 34.3 Å². The number of aromatic nitrogens is 2. The summed E-state index contributed by atoms with van der Waals surface area (Å²) in [6.45, 7) is 2.55. The summed E-state index contributed by atoms with van der Waals surface area (Å²) in [6.07, 6.45) is 1.31. The molecule has 0 fully saturated rings. The van der Waals surface area contributed by atoms with Crippen molar-refractivity contribution in [3.05, 3.63) is 85.8 Å². The molecule has 0 saturated heterocycles. The van der Waals surface area contributed by atoms with E-state index in [1.54, 1.807) is 18.2 Å². The Balaban J connectivity index is 1.17. The van der Waals surface area contributed by atoms with Crippen LogP contribution in [0.2, 0.25) is 0 Å². The molecule has 39 heavy (non-hydrogen) atoms. The maximum absolute atomic E-state index is 13.1. The van der Waals surface area contributed by atoms with E-state index in [-0.39, 0.29) is 30.8 Å². The Hall–Kier alpha value is -4.51. The number of aryl methyl sites for hydroxylation is 2. The van der Waals surface area contributed by atoms with Gasteiger partial charge in [-0.2, -0.15) is 0 Å². The number of hydrogen-bond donors (Lipinski definition) is 4. The van der Waals surface area contributed by atoms with Gasteiger partial charge in [0.2, 0.25) is 11.7 Å². The van der Waals surface area contributed by atoms with Crippen LogP contribution in [0.3, 0.4) is 0 Å². The summed E-state index contributed by atoms with van der Waals surface area (Å²) < 4.78 is 5.35. The highest BCUT2D eigenvalue weighted by atomic mass is 32.1. The molecule has 0 bridgehead atoms. The third kappa shape index (κ3) is 4.88. The second kappa shape index (κ2) is 9.99. The second-order valence-electron chi connectivity index (χ2n) is 9.68. The Morgan fingerprint density at radius 3 is 2.67 bits per heavy atom. The number of ether oxygens (including phenoxy) is 1. The van der Waals surface area contributed by atoms with Crippen molar-refractivity contribution < 1.29 is 19.1 Å². The Morgan fingerprint density at radius 2 is 1.85 bits per heavy atom. The first-order chi connectivity index (χ1) is 18.9. The lowest BCUT2D eigenvalue weighted by molar-refractivity contribution is -0.122. The molecule has 0 radical (unpaired) electrons. The molecule has 11 heteroatoms. The number of nitrogens with zero attached hydrogens (tertiary/aromatic N) is 1. The van der Waals surface area contributed by atoms with Gasteiger partial charge in [0.15, 0.2) is 6.61 Å². The molecule has 2 aliphatic rings. The first kappa shape index (κ1) is 24.8. The number of H-pyrrole nitrogens is 1. The summed E-state index contributed by atoms with van der Waals surface area (Å²) in [5, 5.41) is 8.86. The number of carbonyl (C=O) groups is 3. The lowest BCUT2D eigenvalue weighted by Gasteiger charge is -2.18. The van der Waals surface area contributed by atoms with Crippen LogP contribution in [-0.2, 0) is 29.1 Å². The van der Waals surface area contributed by atoms with E-state index in [0.717, 1.165) is 27.1 Å². The van der Waals surface area contributed by atoms with E-state index in [9.17, 15) is 19.2 Å². The van der Waals surface area contributed by atoms with Crippen LogP contribution in [0.5, 0.6) is 5.75 Å². The molecule has 1 atom stereocenters. The number of aromatic amines is 1. The fourth-order valence-electron chi connectivity index (χ4n) is 4.94. The van der Waals surface area contributed by atoms with E-state index in [1.165, 1.54) is 11.3 Å². The lowest BCUT2D eigenvalue weighted by Crippen LogP contribution is -2.29. The Bertz CT molecular complexity index is 1690. The van der Waals surface area contributed by atoms with Crippen LogP contribution in [0.15, 0.2) is 47.3 Å². The molecule has 1 aliphatic heterocycles. The van der Waals surface area contributed by atoms with Crippen molar-refractivity contribution in [2.75, 3.05) is 11.9 Å². The van der Waals surface area contributed by atoms with Crippen LogP contribution in [0.25, 0.3) is 10.2 Å². The van der Waals surface area contributed by atoms with Gasteiger partial charge in [-0.3, -0.25) is 19.2 Å². The number of amides is 3. The molecule has 4 N–H and O–H groups in total. The van der Waals surface area contributed by atoms with Gasteiger partial charge in [-0.15, -0.1) is 11.3 Å². The molecule has 3 heterocycles. The molecule has 1 aliphatic carbocycles. The average molecular weight is 544 g/mol. The van der Waals surface area contributed by atoms with Crippen molar-refractivity contribution in [2.24, 2.45) is 0 Å². The number of hydrogen-bond acceptors (Lipinski definition) is 7. The van der Waals surface area contributed by atoms with Crippen molar-refractivity contribution in [2.45, 2.75) is 38.8 Å². The molecule has 0 spiro atoms. The predicted octanol–water partition coefficient (Wildman–Crippen LogP) is 2.90.